The van der Waals surface area contributed by atoms with Gasteiger partial charge < -0.3 is 38.5 Å². The highest BCUT2D eigenvalue weighted by Gasteiger charge is 2.50. The molecule has 0 unspecified atom stereocenters. The smallest absolute Gasteiger partial charge is 0.410 e. The molecule has 3 atom stereocenters. The summed E-state index contributed by atoms with van der Waals surface area (Å²) in [5, 5.41) is 4.20. The van der Waals surface area contributed by atoms with E-state index >= 15 is 0 Å². The van der Waals surface area contributed by atoms with Crippen molar-refractivity contribution in [3.8, 4) is 17.3 Å². The van der Waals surface area contributed by atoms with E-state index < -0.39 is 11.7 Å². The van der Waals surface area contributed by atoms with E-state index in [1.165, 1.54) is 23.9 Å². The molecule has 12 nitrogen and oxygen atoms in total. The molecule has 2 saturated heterocycles. The molecule has 292 valence electrons. The van der Waals surface area contributed by atoms with Crippen LogP contribution in [0.4, 0.5) is 9.59 Å². The lowest BCUT2D eigenvalue weighted by Gasteiger charge is -2.39. The SMILES string of the molecule is COc1cc(C(=O)N2C[C@H]3CC[C@@H]2[C@@H]3NC(=O)OC(C)(C)C)cc2nc(-c3cc4cccc(C5CN(C(=O)OCc6ccccc6)C5)c4n3CC3CC3)n(C)c12. The number of ether oxygens (including phenoxy) is 3. The monoisotopic (exact) mass is 758 g/mol. The number of alkyl carbamates (subject to hydrolysis) is 1. The van der Waals surface area contributed by atoms with Gasteiger partial charge in [-0.2, -0.15) is 0 Å². The van der Waals surface area contributed by atoms with E-state index in [0.29, 0.717) is 42.4 Å². The van der Waals surface area contributed by atoms with Crippen LogP contribution in [-0.4, -0.2) is 86.4 Å². The van der Waals surface area contributed by atoms with Crippen LogP contribution < -0.4 is 10.1 Å². The number of fused-ring (bicyclic) bond motifs is 4. The quantitative estimate of drug-likeness (QED) is 0.166. The van der Waals surface area contributed by atoms with Crippen LogP contribution in [0, 0.1) is 11.8 Å². The molecule has 1 N–H and O–H groups in total. The molecule has 12 heteroatoms. The topological polar surface area (TPSA) is 120 Å². The third-order valence-corrected chi connectivity index (χ3v) is 12.0. The molecule has 2 aliphatic heterocycles. The average Bonchev–Trinajstić information content (AvgIpc) is 3.48. The zero-order valence-corrected chi connectivity index (χ0v) is 32.8. The van der Waals surface area contributed by atoms with Crippen LogP contribution in [0.25, 0.3) is 33.5 Å². The van der Waals surface area contributed by atoms with Crippen molar-refractivity contribution in [2.24, 2.45) is 18.9 Å². The van der Waals surface area contributed by atoms with Gasteiger partial charge in [0.1, 0.15) is 23.5 Å². The predicted molar refractivity (Wildman–Crippen MR) is 213 cm³/mol. The Labute approximate surface area is 326 Å². The van der Waals surface area contributed by atoms with E-state index in [9.17, 15) is 14.4 Å². The van der Waals surface area contributed by atoms with Gasteiger partial charge in [-0.25, -0.2) is 14.6 Å². The molecule has 2 saturated carbocycles. The molecule has 2 aromatic heterocycles. The van der Waals surface area contributed by atoms with Gasteiger partial charge in [-0.1, -0.05) is 48.5 Å². The molecule has 3 amide bonds. The Hall–Kier alpha value is -5.52. The number of benzene rings is 3. The lowest BCUT2D eigenvalue weighted by molar-refractivity contribution is 0.0484. The number of rotatable bonds is 9. The zero-order valence-electron chi connectivity index (χ0n) is 32.8. The zero-order chi connectivity index (χ0) is 38.9. The maximum atomic E-state index is 14.2. The van der Waals surface area contributed by atoms with Gasteiger partial charge in [-0.15, -0.1) is 0 Å². The summed E-state index contributed by atoms with van der Waals surface area (Å²) in [5.41, 5.74) is 5.81. The minimum Gasteiger partial charge on any atom is -0.494 e. The van der Waals surface area contributed by atoms with Crippen molar-refractivity contribution in [3.05, 3.63) is 83.4 Å². The Morgan fingerprint density at radius 2 is 1.70 bits per heavy atom. The summed E-state index contributed by atoms with van der Waals surface area (Å²) in [6.45, 7) is 8.47. The summed E-state index contributed by atoms with van der Waals surface area (Å²) in [6, 6.07) is 21.9. The number of aromatic nitrogens is 3. The Morgan fingerprint density at radius 1 is 0.911 bits per heavy atom. The second-order valence-electron chi connectivity index (χ2n) is 17.1. The van der Waals surface area contributed by atoms with E-state index in [1.807, 2.05) is 75.2 Å². The molecular formula is C44H50N6O6. The van der Waals surface area contributed by atoms with E-state index in [-0.39, 0.29) is 42.5 Å². The van der Waals surface area contributed by atoms with Crippen molar-refractivity contribution in [3.63, 3.8) is 0 Å². The third kappa shape index (κ3) is 6.62. The fourth-order valence-electron chi connectivity index (χ4n) is 9.13. The van der Waals surface area contributed by atoms with Gasteiger partial charge in [0.2, 0.25) is 0 Å². The number of likely N-dealkylation sites (tertiary alicyclic amines) is 2. The van der Waals surface area contributed by atoms with Crippen molar-refractivity contribution in [2.45, 2.75) is 83.2 Å². The molecule has 4 fully saturated rings. The number of hydrogen-bond acceptors (Lipinski definition) is 7. The number of carbonyl (C=O) groups is 3. The molecule has 5 aromatic rings. The molecular weight excluding hydrogens is 709 g/mol. The van der Waals surface area contributed by atoms with E-state index in [1.54, 1.807) is 12.0 Å². The number of nitrogens with one attached hydrogen (secondary N) is 1. The molecule has 2 aliphatic carbocycles. The minimum absolute atomic E-state index is 0.0911. The highest BCUT2D eigenvalue weighted by atomic mass is 16.6. The number of nitrogens with zero attached hydrogens (tertiary/aromatic N) is 5. The van der Waals surface area contributed by atoms with Crippen molar-refractivity contribution >= 4 is 40.0 Å². The largest absolute Gasteiger partial charge is 0.494 e. The van der Waals surface area contributed by atoms with Crippen molar-refractivity contribution in [1.82, 2.24) is 29.2 Å². The van der Waals surface area contributed by atoms with Gasteiger partial charge in [0.25, 0.3) is 5.91 Å². The number of methoxy groups -OCH3 is 1. The second-order valence-corrected chi connectivity index (χ2v) is 17.1. The maximum Gasteiger partial charge on any atom is 0.410 e. The molecule has 0 spiro atoms. The van der Waals surface area contributed by atoms with Crippen LogP contribution in [-0.2, 0) is 29.7 Å². The third-order valence-electron chi connectivity index (χ3n) is 12.0. The van der Waals surface area contributed by atoms with Crippen LogP contribution in [0.15, 0.2) is 66.7 Å². The average molecular weight is 759 g/mol. The van der Waals surface area contributed by atoms with E-state index in [2.05, 4.69) is 38.7 Å². The summed E-state index contributed by atoms with van der Waals surface area (Å²) in [4.78, 5) is 48.7. The summed E-state index contributed by atoms with van der Waals surface area (Å²) in [6.07, 6.45) is 3.44. The van der Waals surface area contributed by atoms with Gasteiger partial charge in [0.05, 0.1) is 35.9 Å². The van der Waals surface area contributed by atoms with Crippen molar-refractivity contribution < 1.29 is 28.6 Å². The van der Waals surface area contributed by atoms with Gasteiger partial charge >= 0.3 is 12.2 Å². The Bertz CT molecular complexity index is 2330. The highest BCUT2D eigenvalue weighted by molar-refractivity contribution is 6.01. The van der Waals surface area contributed by atoms with Crippen LogP contribution in [0.1, 0.15) is 73.9 Å². The number of aryl methyl sites for hydroxylation is 1. The van der Waals surface area contributed by atoms with Gasteiger partial charge in [-0.3, -0.25) is 4.79 Å². The molecule has 3 aromatic carbocycles. The number of amides is 3. The second kappa shape index (κ2) is 13.9. The van der Waals surface area contributed by atoms with E-state index in [0.717, 1.165) is 47.4 Å². The summed E-state index contributed by atoms with van der Waals surface area (Å²) in [5.74, 6) is 2.26. The maximum absolute atomic E-state index is 14.2. The molecule has 56 heavy (non-hydrogen) atoms. The van der Waals surface area contributed by atoms with Gasteiger partial charge in [0.15, 0.2) is 5.82 Å². The number of carbonyl (C=O) groups excluding carboxylic acids is 3. The Kier molecular flexibility index (Phi) is 8.97. The van der Waals surface area contributed by atoms with Crippen LogP contribution >= 0.6 is 0 Å². The molecule has 4 heterocycles. The fourth-order valence-corrected chi connectivity index (χ4v) is 9.13. The lowest BCUT2D eigenvalue weighted by Crippen LogP contribution is -2.48. The number of piperidine rings is 1. The molecule has 4 aliphatic rings. The Balaban J connectivity index is 0.996. The highest BCUT2D eigenvalue weighted by Crippen LogP contribution is 2.43. The molecule has 2 bridgehead atoms. The van der Waals surface area contributed by atoms with Crippen LogP contribution in [0.5, 0.6) is 5.75 Å². The van der Waals surface area contributed by atoms with Crippen LogP contribution in [0.2, 0.25) is 0 Å². The Morgan fingerprint density at radius 3 is 2.43 bits per heavy atom. The lowest BCUT2D eigenvalue weighted by atomic mass is 9.90. The predicted octanol–water partition coefficient (Wildman–Crippen LogP) is 7.48. The van der Waals surface area contributed by atoms with Gasteiger partial charge in [-0.05, 0) is 87.6 Å². The molecule has 0 radical (unpaired) electrons. The van der Waals surface area contributed by atoms with Crippen molar-refractivity contribution in [2.75, 3.05) is 26.7 Å². The number of para-hydroxylation sites is 1. The van der Waals surface area contributed by atoms with Crippen LogP contribution in [0.3, 0.4) is 0 Å². The minimum atomic E-state index is -0.599. The standard InChI is InChI=1S/C44H50N6O6/c1-44(2,3)56-42(52)46-37-29-16-17-34(37)50(24-29)41(51)30-18-33-39(36(20-30)54-5)47(4)40(45-33)35-19-28-12-9-13-32(38(28)49(35)21-26-14-15-26)31-22-48(23-31)43(53)55-25-27-10-7-6-8-11-27/h6-13,18-20,26,29,31,34,37H,14-17,21-25H2,1-5H3,(H,46,52)/t29-,34-,37-/m1/s1. The first-order chi connectivity index (χ1) is 27.0. The summed E-state index contributed by atoms with van der Waals surface area (Å²) >= 11 is 0. The number of hydrogen-bond donors (Lipinski definition) is 1. The number of imidazole rings is 1. The first-order valence-corrected chi connectivity index (χ1v) is 19.9. The summed E-state index contributed by atoms with van der Waals surface area (Å²) in [7, 11) is 3.63. The van der Waals surface area contributed by atoms with Gasteiger partial charge in [0, 0.05) is 50.1 Å². The first kappa shape index (κ1) is 36.1. The molecule has 9 rings (SSSR count). The summed E-state index contributed by atoms with van der Waals surface area (Å²) < 4.78 is 21.6. The van der Waals surface area contributed by atoms with E-state index in [4.69, 9.17) is 19.2 Å². The van der Waals surface area contributed by atoms with Crippen molar-refractivity contribution in [1.29, 1.82) is 0 Å². The fraction of sp³-hybridized carbons (Fsp3) is 0.455. The first-order valence-electron chi connectivity index (χ1n) is 19.9. The normalized spacial score (nSPS) is 20.8.